The molecule has 0 aromatic heterocycles. The molecule has 2 bridgehead atoms. The molecular weight excluding hydrogens is 294 g/mol. The fourth-order valence-corrected chi connectivity index (χ4v) is 3.97. The van der Waals surface area contributed by atoms with Gasteiger partial charge in [0.25, 0.3) is 0 Å². The van der Waals surface area contributed by atoms with Crippen molar-refractivity contribution >= 4 is 0 Å². The summed E-state index contributed by atoms with van der Waals surface area (Å²) < 4.78 is 0. The van der Waals surface area contributed by atoms with Gasteiger partial charge in [-0.15, -0.1) is 0 Å². The SMILES string of the molecule is OC(C#C[C@H]1CC2CCN1CC2)(c1ccccc1)c1ccccc1. The highest BCUT2D eigenvalue weighted by Crippen LogP contribution is 2.33. The molecule has 3 aliphatic heterocycles. The minimum absolute atomic E-state index is 0.288. The van der Waals surface area contributed by atoms with Gasteiger partial charge in [-0.25, -0.2) is 0 Å². The van der Waals surface area contributed by atoms with E-state index in [0.717, 1.165) is 36.6 Å². The van der Waals surface area contributed by atoms with Gasteiger partial charge in [0.15, 0.2) is 5.60 Å². The van der Waals surface area contributed by atoms with Crippen LogP contribution in [0.3, 0.4) is 0 Å². The number of piperidine rings is 3. The van der Waals surface area contributed by atoms with Crippen molar-refractivity contribution in [1.82, 2.24) is 4.90 Å². The number of rotatable bonds is 2. The largest absolute Gasteiger partial charge is 0.369 e. The molecule has 0 amide bonds. The lowest BCUT2D eigenvalue weighted by molar-refractivity contribution is 0.0774. The number of hydrogen-bond donors (Lipinski definition) is 1. The third-order valence-corrected chi connectivity index (χ3v) is 5.45. The zero-order valence-corrected chi connectivity index (χ0v) is 13.9. The molecule has 0 saturated carbocycles. The molecule has 2 aromatic rings. The number of fused-ring (bicyclic) bond motifs is 3. The topological polar surface area (TPSA) is 23.5 Å². The Hall–Kier alpha value is -2.08. The summed E-state index contributed by atoms with van der Waals surface area (Å²) in [7, 11) is 0. The predicted octanol–water partition coefficient (Wildman–Crippen LogP) is 3.41. The van der Waals surface area contributed by atoms with Crippen LogP contribution < -0.4 is 0 Å². The molecule has 2 heteroatoms. The third-order valence-electron chi connectivity index (χ3n) is 5.45. The smallest absolute Gasteiger partial charge is 0.176 e. The quantitative estimate of drug-likeness (QED) is 0.858. The summed E-state index contributed by atoms with van der Waals surface area (Å²) in [5.74, 6) is 7.48. The molecule has 2 aromatic carbocycles. The normalized spacial score (nSPS) is 25.8. The first-order valence-electron chi connectivity index (χ1n) is 8.86. The van der Waals surface area contributed by atoms with Gasteiger partial charge in [-0.3, -0.25) is 4.90 Å². The van der Waals surface area contributed by atoms with Crippen LogP contribution in [0.25, 0.3) is 0 Å². The zero-order valence-electron chi connectivity index (χ0n) is 13.9. The van der Waals surface area contributed by atoms with E-state index < -0.39 is 5.60 Å². The molecule has 0 spiro atoms. The molecule has 24 heavy (non-hydrogen) atoms. The molecule has 122 valence electrons. The second kappa shape index (κ2) is 6.43. The van der Waals surface area contributed by atoms with Crippen molar-refractivity contribution in [3.8, 4) is 11.8 Å². The number of nitrogens with zero attached hydrogens (tertiary/aromatic N) is 1. The zero-order chi connectivity index (χ0) is 16.4. The molecule has 2 nitrogen and oxygen atoms in total. The van der Waals surface area contributed by atoms with Gasteiger partial charge in [-0.2, -0.15) is 0 Å². The summed E-state index contributed by atoms with van der Waals surface area (Å²) in [6.45, 7) is 2.30. The van der Waals surface area contributed by atoms with Gasteiger partial charge in [0.2, 0.25) is 0 Å². The molecule has 5 rings (SSSR count). The van der Waals surface area contributed by atoms with Crippen molar-refractivity contribution in [2.45, 2.75) is 30.9 Å². The van der Waals surface area contributed by atoms with Crippen LogP contribution in [0, 0.1) is 17.8 Å². The molecule has 3 aliphatic rings. The van der Waals surface area contributed by atoms with Crippen molar-refractivity contribution in [3.05, 3.63) is 71.8 Å². The first-order chi connectivity index (χ1) is 11.8. The first-order valence-corrected chi connectivity index (χ1v) is 8.86. The summed E-state index contributed by atoms with van der Waals surface area (Å²) >= 11 is 0. The van der Waals surface area contributed by atoms with E-state index in [4.69, 9.17) is 0 Å². The lowest BCUT2D eigenvalue weighted by Crippen LogP contribution is -2.48. The Morgan fingerprint density at radius 1 is 0.875 bits per heavy atom. The fraction of sp³-hybridized carbons (Fsp3) is 0.364. The van der Waals surface area contributed by atoms with Crippen LogP contribution in [-0.4, -0.2) is 29.1 Å². The lowest BCUT2D eigenvalue weighted by Gasteiger charge is -2.43. The Bertz CT molecular complexity index is 696. The monoisotopic (exact) mass is 317 g/mol. The van der Waals surface area contributed by atoms with E-state index in [1.54, 1.807) is 0 Å². The van der Waals surface area contributed by atoms with Crippen LogP contribution in [0.4, 0.5) is 0 Å². The molecule has 0 aliphatic carbocycles. The number of hydrogen-bond acceptors (Lipinski definition) is 2. The molecule has 1 atom stereocenters. The Morgan fingerprint density at radius 3 is 1.88 bits per heavy atom. The maximum Gasteiger partial charge on any atom is 0.176 e. The summed E-state index contributed by atoms with van der Waals surface area (Å²) in [5.41, 5.74) is 0.416. The van der Waals surface area contributed by atoms with Crippen LogP contribution in [0.5, 0.6) is 0 Å². The molecule has 0 radical (unpaired) electrons. The number of benzene rings is 2. The summed E-state index contributed by atoms with van der Waals surface area (Å²) in [6, 6.07) is 19.9. The average molecular weight is 317 g/mol. The van der Waals surface area contributed by atoms with E-state index in [-0.39, 0.29) is 6.04 Å². The molecule has 3 saturated heterocycles. The Balaban J connectivity index is 1.71. The highest BCUT2D eigenvalue weighted by Gasteiger charge is 2.34. The molecule has 0 unspecified atom stereocenters. The molecule has 3 fully saturated rings. The van der Waals surface area contributed by atoms with Crippen molar-refractivity contribution in [1.29, 1.82) is 0 Å². The van der Waals surface area contributed by atoms with Crippen LogP contribution >= 0.6 is 0 Å². The Kier molecular flexibility index (Phi) is 4.14. The van der Waals surface area contributed by atoms with Crippen molar-refractivity contribution in [2.24, 2.45) is 5.92 Å². The van der Waals surface area contributed by atoms with E-state index in [9.17, 15) is 5.11 Å². The maximum absolute atomic E-state index is 11.5. The summed E-state index contributed by atoms with van der Waals surface area (Å²) in [4.78, 5) is 2.48. The Morgan fingerprint density at radius 2 is 1.42 bits per heavy atom. The van der Waals surface area contributed by atoms with Crippen LogP contribution in [0.1, 0.15) is 30.4 Å². The van der Waals surface area contributed by atoms with Crippen molar-refractivity contribution in [3.63, 3.8) is 0 Å². The minimum Gasteiger partial charge on any atom is -0.369 e. The van der Waals surface area contributed by atoms with Crippen LogP contribution in [0.2, 0.25) is 0 Å². The van der Waals surface area contributed by atoms with E-state index in [1.807, 2.05) is 60.7 Å². The van der Waals surface area contributed by atoms with Crippen molar-refractivity contribution in [2.75, 3.05) is 13.1 Å². The first kappa shape index (κ1) is 15.4. The highest BCUT2D eigenvalue weighted by molar-refractivity contribution is 5.44. The van der Waals surface area contributed by atoms with E-state index in [1.165, 1.54) is 12.8 Å². The third kappa shape index (κ3) is 2.86. The van der Waals surface area contributed by atoms with Gasteiger partial charge in [-0.1, -0.05) is 72.5 Å². The fourth-order valence-electron chi connectivity index (χ4n) is 3.97. The Labute approximate surface area is 144 Å². The second-order valence-electron chi connectivity index (χ2n) is 6.94. The van der Waals surface area contributed by atoms with Gasteiger partial charge < -0.3 is 5.11 Å². The maximum atomic E-state index is 11.5. The van der Waals surface area contributed by atoms with E-state index in [0.29, 0.717) is 0 Å². The second-order valence-corrected chi connectivity index (χ2v) is 6.94. The van der Waals surface area contributed by atoms with Gasteiger partial charge in [0.05, 0.1) is 6.04 Å². The summed E-state index contributed by atoms with van der Waals surface area (Å²) in [5, 5.41) is 11.5. The highest BCUT2D eigenvalue weighted by atomic mass is 16.3. The summed E-state index contributed by atoms with van der Waals surface area (Å²) in [6.07, 6.45) is 3.76. The van der Waals surface area contributed by atoms with Crippen molar-refractivity contribution < 1.29 is 5.11 Å². The molecule has 3 heterocycles. The molecular formula is C22H23NO. The lowest BCUT2D eigenvalue weighted by atomic mass is 9.82. The van der Waals surface area contributed by atoms with Gasteiger partial charge >= 0.3 is 0 Å². The van der Waals surface area contributed by atoms with E-state index in [2.05, 4.69) is 16.7 Å². The van der Waals surface area contributed by atoms with Gasteiger partial charge in [0.1, 0.15) is 0 Å². The molecule has 1 N–H and O–H groups in total. The van der Waals surface area contributed by atoms with Crippen LogP contribution in [-0.2, 0) is 5.60 Å². The van der Waals surface area contributed by atoms with Crippen LogP contribution in [0.15, 0.2) is 60.7 Å². The van der Waals surface area contributed by atoms with Gasteiger partial charge in [-0.05, 0) is 38.3 Å². The predicted molar refractivity (Wildman–Crippen MR) is 96.4 cm³/mol. The average Bonchev–Trinajstić information content (AvgIpc) is 2.68. The van der Waals surface area contributed by atoms with Gasteiger partial charge in [0, 0.05) is 11.1 Å². The standard InChI is InChI=1S/C22H23NO/c24-22(19-7-3-1-4-8-19,20-9-5-2-6-10-20)14-11-21-17-18-12-15-23(21)16-13-18/h1-10,18,21,24H,12-13,15-17H2/t21-/m0/s1. The van der Waals surface area contributed by atoms with E-state index >= 15 is 0 Å². The minimum atomic E-state index is -1.25. The number of aliphatic hydroxyl groups is 1.